The number of rotatable bonds is 6. The van der Waals surface area contributed by atoms with E-state index in [0.717, 1.165) is 23.5 Å². The van der Waals surface area contributed by atoms with Crippen LogP contribution >= 0.6 is 0 Å². The van der Waals surface area contributed by atoms with Gasteiger partial charge in [-0.25, -0.2) is 0 Å². The number of nitrogens with one attached hydrogen (secondary N) is 2. The minimum atomic E-state index is -0.283. The first-order valence-corrected chi connectivity index (χ1v) is 10.6. The van der Waals surface area contributed by atoms with Crippen molar-refractivity contribution >= 4 is 23.0 Å². The average Bonchev–Trinajstić information content (AvgIpc) is 3.08. The summed E-state index contributed by atoms with van der Waals surface area (Å²) < 4.78 is 23.4. The highest BCUT2D eigenvalue weighted by atomic mass is 16.5. The number of amides is 1. The predicted octanol–water partition coefficient (Wildman–Crippen LogP) is 4.15. The van der Waals surface area contributed by atoms with Crippen molar-refractivity contribution in [1.29, 1.82) is 0 Å². The van der Waals surface area contributed by atoms with E-state index in [2.05, 4.69) is 20.6 Å². The molecule has 0 spiro atoms. The Hall–Kier alpha value is -4.27. The van der Waals surface area contributed by atoms with Gasteiger partial charge in [0.15, 0.2) is 17.1 Å². The van der Waals surface area contributed by atoms with Crippen LogP contribution in [0.3, 0.4) is 0 Å². The molecule has 1 aliphatic heterocycles. The molecule has 9 heteroatoms. The fourth-order valence-corrected chi connectivity index (χ4v) is 3.47. The van der Waals surface area contributed by atoms with Crippen molar-refractivity contribution in [2.45, 2.75) is 13.0 Å². The lowest BCUT2D eigenvalue weighted by atomic mass is 10.2. The molecule has 168 valence electrons. The van der Waals surface area contributed by atoms with Gasteiger partial charge in [0.2, 0.25) is 0 Å². The number of benzene rings is 2. The number of aromatic nitrogens is 2. The lowest BCUT2D eigenvalue weighted by molar-refractivity contribution is 0.0958. The summed E-state index contributed by atoms with van der Waals surface area (Å²) in [4.78, 5) is 20.3. The highest BCUT2D eigenvalue weighted by molar-refractivity contribution is 5.92. The van der Waals surface area contributed by atoms with E-state index >= 15 is 0 Å². The SMILES string of the molecule is CNC(=O)c1cc(Oc2ccc3nc(NCc4cccc5c4OCCCO5)oc3c2)ccn1. The second-order valence-corrected chi connectivity index (χ2v) is 7.35. The number of nitrogens with zero attached hydrogens (tertiary/aromatic N) is 2. The van der Waals surface area contributed by atoms with Crippen molar-refractivity contribution < 1.29 is 23.4 Å². The maximum atomic E-state index is 11.8. The average molecular weight is 446 g/mol. The van der Waals surface area contributed by atoms with Crippen LogP contribution in [-0.4, -0.2) is 36.1 Å². The predicted molar refractivity (Wildman–Crippen MR) is 121 cm³/mol. The van der Waals surface area contributed by atoms with Crippen LogP contribution in [0.1, 0.15) is 22.5 Å². The zero-order valence-electron chi connectivity index (χ0n) is 18.0. The quantitative estimate of drug-likeness (QED) is 0.455. The van der Waals surface area contributed by atoms with Gasteiger partial charge >= 0.3 is 0 Å². The Kier molecular flexibility index (Phi) is 5.67. The molecule has 2 aromatic heterocycles. The first kappa shape index (κ1) is 20.6. The molecule has 0 bridgehead atoms. The van der Waals surface area contributed by atoms with Gasteiger partial charge in [0.1, 0.15) is 22.7 Å². The van der Waals surface area contributed by atoms with Gasteiger partial charge in [-0.2, -0.15) is 4.98 Å². The van der Waals surface area contributed by atoms with Gasteiger partial charge in [-0.3, -0.25) is 9.78 Å². The van der Waals surface area contributed by atoms with E-state index in [-0.39, 0.29) is 11.6 Å². The van der Waals surface area contributed by atoms with Gasteiger partial charge in [-0.05, 0) is 24.3 Å². The summed E-state index contributed by atoms with van der Waals surface area (Å²) in [5, 5.41) is 5.75. The lowest BCUT2D eigenvalue weighted by Crippen LogP contribution is -2.18. The van der Waals surface area contributed by atoms with Crippen molar-refractivity contribution in [3.63, 3.8) is 0 Å². The number of hydrogen-bond donors (Lipinski definition) is 2. The summed E-state index contributed by atoms with van der Waals surface area (Å²) in [6.07, 6.45) is 2.37. The van der Waals surface area contributed by atoms with Crippen molar-refractivity contribution in [2.24, 2.45) is 0 Å². The first-order valence-electron chi connectivity index (χ1n) is 10.6. The third kappa shape index (κ3) is 4.52. The number of carbonyl (C=O) groups is 1. The Morgan fingerprint density at radius 2 is 1.97 bits per heavy atom. The maximum absolute atomic E-state index is 11.8. The van der Waals surface area contributed by atoms with Gasteiger partial charge in [0.25, 0.3) is 11.9 Å². The lowest BCUT2D eigenvalue weighted by Gasteiger charge is -2.12. The summed E-state index contributed by atoms with van der Waals surface area (Å²) in [6.45, 7) is 1.74. The summed E-state index contributed by atoms with van der Waals surface area (Å²) in [6, 6.07) is 14.8. The van der Waals surface area contributed by atoms with E-state index in [0.29, 0.717) is 48.4 Å². The number of hydrogen-bond acceptors (Lipinski definition) is 8. The summed E-state index contributed by atoms with van der Waals surface area (Å²) in [5.41, 5.74) is 2.50. The molecule has 33 heavy (non-hydrogen) atoms. The number of carbonyl (C=O) groups excluding carboxylic acids is 1. The van der Waals surface area contributed by atoms with Crippen LogP contribution in [-0.2, 0) is 6.54 Å². The van der Waals surface area contributed by atoms with E-state index in [1.807, 2.05) is 24.3 Å². The molecule has 2 aromatic carbocycles. The second-order valence-electron chi connectivity index (χ2n) is 7.35. The third-order valence-corrected chi connectivity index (χ3v) is 5.07. The standard InChI is InChI=1S/C24H22N4O5/c1-25-23(29)19-12-17(8-9-26-19)32-16-6-7-18-21(13-16)33-24(28-18)27-14-15-4-2-5-20-22(15)31-11-3-10-30-20/h2,4-9,12-13H,3,10-11,14H2,1H3,(H,25,29)(H,27,28). The minimum absolute atomic E-state index is 0.274. The molecule has 2 N–H and O–H groups in total. The molecule has 9 nitrogen and oxygen atoms in total. The minimum Gasteiger partial charge on any atom is -0.490 e. The van der Waals surface area contributed by atoms with Crippen LogP contribution in [0.25, 0.3) is 11.1 Å². The molecule has 0 atom stereocenters. The van der Waals surface area contributed by atoms with E-state index in [1.54, 1.807) is 31.3 Å². The molecule has 1 amide bonds. The van der Waals surface area contributed by atoms with E-state index in [4.69, 9.17) is 18.6 Å². The number of para-hydroxylation sites is 1. The first-order chi connectivity index (χ1) is 16.2. The molecule has 4 aromatic rings. The number of ether oxygens (including phenoxy) is 3. The molecule has 0 radical (unpaired) electrons. The molecule has 0 saturated heterocycles. The highest BCUT2D eigenvalue weighted by Gasteiger charge is 2.15. The van der Waals surface area contributed by atoms with Gasteiger partial charge < -0.3 is 29.3 Å². The van der Waals surface area contributed by atoms with Crippen molar-refractivity contribution in [1.82, 2.24) is 15.3 Å². The molecule has 1 aliphatic rings. The van der Waals surface area contributed by atoms with E-state index in [9.17, 15) is 4.79 Å². The smallest absolute Gasteiger partial charge is 0.295 e. The van der Waals surface area contributed by atoms with Crippen LogP contribution in [0.15, 0.2) is 59.1 Å². The molecular formula is C24H22N4O5. The Bertz CT molecular complexity index is 1300. The topological polar surface area (TPSA) is 108 Å². The van der Waals surface area contributed by atoms with Crippen molar-refractivity contribution in [3.8, 4) is 23.0 Å². The fourth-order valence-electron chi connectivity index (χ4n) is 3.47. The Labute approximate surface area is 189 Å². The third-order valence-electron chi connectivity index (χ3n) is 5.07. The van der Waals surface area contributed by atoms with Crippen LogP contribution in [0.4, 0.5) is 6.01 Å². The number of oxazole rings is 1. The number of pyridine rings is 1. The molecule has 0 saturated carbocycles. The number of anilines is 1. The summed E-state index contributed by atoms with van der Waals surface area (Å²) >= 11 is 0. The van der Waals surface area contributed by atoms with E-state index in [1.165, 1.54) is 6.20 Å². The van der Waals surface area contributed by atoms with Crippen molar-refractivity contribution in [3.05, 3.63) is 66.0 Å². The molecule has 0 fully saturated rings. The van der Waals surface area contributed by atoms with E-state index < -0.39 is 0 Å². The summed E-state index contributed by atoms with van der Waals surface area (Å²) in [7, 11) is 1.55. The van der Waals surface area contributed by atoms with Crippen LogP contribution < -0.4 is 24.8 Å². The Balaban J connectivity index is 1.31. The van der Waals surface area contributed by atoms with Crippen LogP contribution in [0.2, 0.25) is 0 Å². The van der Waals surface area contributed by atoms with Gasteiger partial charge in [-0.1, -0.05) is 12.1 Å². The van der Waals surface area contributed by atoms with Gasteiger partial charge in [0, 0.05) is 43.9 Å². The molecular weight excluding hydrogens is 424 g/mol. The molecule has 5 rings (SSSR count). The molecule has 0 aliphatic carbocycles. The van der Waals surface area contributed by atoms with Crippen molar-refractivity contribution in [2.75, 3.05) is 25.6 Å². The highest BCUT2D eigenvalue weighted by Crippen LogP contribution is 2.34. The molecule has 0 unspecified atom stereocenters. The second kappa shape index (κ2) is 9.07. The number of fused-ring (bicyclic) bond motifs is 2. The zero-order chi connectivity index (χ0) is 22.6. The van der Waals surface area contributed by atoms with Crippen LogP contribution in [0, 0.1) is 0 Å². The zero-order valence-corrected chi connectivity index (χ0v) is 18.0. The maximum Gasteiger partial charge on any atom is 0.295 e. The fraction of sp³-hybridized carbons (Fsp3) is 0.208. The van der Waals surface area contributed by atoms with Gasteiger partial charge in [-0.15, -0.1) is 0 Å². The normalized spacial score (nSPS) is 12.8. The Morgan fingerprint density at radius 1 is 1.09 bits per heavy atom. The van der Waals surface area contributed by atoms with Crippen LogP contribution in [0.5, 0.6) is 23.0 Å². The Morgan fingerprint density at radius 3 is 2.88 bits per heavy atom. The summed E-state index contributed by atoms with van der Waals surface area (Å²) in [5.74, 6) is 2.27. The van der Waals surface area contributed by atoms with Gasteiger partial charge in [0.05, 0.1) is 13.2 Å². The molecule has 3 heterocycles. The largest absolute Gasteiger partial charge is 0.490 e. The monoisotopic (exact) mass is 446 g/mol.